The zero-order chi connectivity index (χ0) is 18.2. The summed E-state index contributed by atoms with van der Waals surface area (Å²) in [7, 11) is 1.95. The van der Waals surface area contributed by atoms with E-state index in [4.69, 9.17) is 0 Å². The highest BCUT2D eigenvalue weighted by molar-refractivity contribution is 5.78. The lowest BCUT2D eigenvalue weighted by Crippen LogP contribution is -2.49. The molecule has 1 aromatic heterocycles. The number of amides is 1. The van der Waals surface area contributed by atoms with Crippen molar-refractivity contribution in [2.45, 2.75) is 38.1 Å². The highest BCUT2D eigenvalue weighted by atomic mass is 16.2. The molecular weight excluding hydrogens is 322 g/mol. The maximum Gasteiger partial charge on any atom is 0.228 e. The van der Waals surface area contributed by atoms with Crippen LogP contribution in [0.3, 0.4) is 0 Å². The van der Waals surface area contributed by atoms with Gasteiger partial charge in [0.05, 0.1) is 6.42 Å². The largest absolute Gasteiger partial charge is 0.341 e. The van der Waals surface area contributed by atoms with Gasteiger partial charge < -0.3 is 9.80 Å². The van der Waals surface area contributed by atoms with Crippen molar-refractivity contribution in [3.05, 3.63) is 66.0 Å². The Morgan fingerprint density at radius 1 is 1.19 bits per heavy atom. The Balaban J connectivity index is 1.45. The molecule has 0 radical (unpaired) electrons. The van der Waals surface area contributed by atoms with Crippen LogP contribution in [0, 0.1) is 0 Å². The summed E-state index contributed by atoms with van der Waals surface area (Å²) in [6.07, 6.45) is 6.69. The number of likely N-dealkylation sites (tertiary alicyclic amines) is 1. The van der Waals surface area contributed by atoms with Gasteiger partial charge >= 0.3 is 0 Å². The van der Waals surface area contributed by atoms with Crippen molar-refractivity contribution >= 4 is 5.91 Å². The van der Waals surface area contributed by atoms with Crippen LogP contribution < -0.4 is 0 Å². The second-order valence-corrected chi connectivity index (χ2v) is 7.19. The van der Waals surface area contributed by atoms with E-state index >= 15 is 0 Å². The van der Waals surface area contributed by atoms with E-state index in [1.54, 1.807) is 6.20 Å². The number of benzene rings is 1. The first-order valence-corrected chi connectivity index (χ1v) is 9.64. The van der Waals surface area contributed by atoms with Crippen molar-refractivity contribution in [2.75, 3.05) is 26.7 Å². The Kier molecular flexibility index (Phi) is 6.78. The van der Waals surface area contributed by atoms with Gasteiger partial charge in [-0.15, -0.1) is 0 Å². The molecule has 1 aliphatic rings. The van der Waals surface area contributed by atoms with Crippen molar-refractivity contribution in [1.82, 2.24) is 14.8 Å². The molecule has 26 heavy (non-hydrogen) atoms. The van der Waals surface area contributed by atoms with Gasteiger partial charge in [0.25, 0.3) is 0 Å². The van der Waals surface area contributed by atoms with Crippen LogP contribution in [0.4, 0.5) is 0 Å². The van der Waals surface area contributed by atoms with E-state index in [0.717, 1.165) is 44.6 Å². The van der Waals surface area contributed by atoms with Gasteiger partial charge in [0.2, 0.25) is 5.91 Å². The van der Waals surface area contributed by atoms with Gasteiger partial charge in [-0.2, -0.15) is 0 Å². The highest BCUT2D eigenvalue weighted by Crippen LogP contribution is 2.16. The molecule has 1 fully saturated rings. The minimum atomic E-state index is 0.167. The summed E-state index contributed by atoms with van der Waals surface area (Å²) in [5, 5.41) is 0. The SMILES string of the molecule is CN(C(=O)Cc1ccccn1)[C@@H]1CCCN(CCCc2ccccc2)C1. The number of pyridine rings is 1. The first-order valence-electron chi connectivity index (χ1n) is 9.64. The molecule has 1 atom stereocenters. The van der Waals surface area contributed by atoms with Crippen LogP contribution in [-0.2, 0) is 17.6 Å². The molecule has 1 amide bonds. The summed E-state index contributed by atoms with van der Waals surface area (Å²) >= 11 is 0. The van der Waals surface area contributed by atoms with Crippen LogP contribution in [0.25, 0.3) is 0 Å². The van der Waals surface area contributed by atoms with Gasteiger partial charge in [0.15, 0.2) is 0 Å². The Hall–Kier alpha value is -2.20. The average Bonchev–Trinajstić information content (AvgIpc) is 2.69. The number of hydrogen-bond acceptors (Lipinski definition) is 3. The monoisotopic (exact) mass is 351 g/mol. The van der Waals surface area contributed by atoms with Gasteiger partial charge in [-0.3, -0.25) is 9.78 Å². The normalized spacial score (nSPS) is 17.8. The molecule has 0 bridgehead atoms. The number of carbonyl (C=O) groups is 1. The first-order chi connectivity index (χ1) is 12.7. The highest BCUT2D eigenvalue weighted by Gasteiger charge is 2.25. The number of likely N-dealkylation sites (N-methyl/N-ethyl adjacent to an activating group) is 1. The molecule has 2 aromatic rings. The molecule has 2 heterocycles. The third kappa shape index (κ3) is 5.40. The molecule has 1 aromatic carbocycles. The lowest BCUT2D eigenvalue weighted by molar-refractivity contribution is -0.132. The lowest BCUT2D eigenvalue weighted by atomic mass is 10.0. The number of piperidine rings is 1. The van der Waals surface area contributed by atoms with Crippen molar-refractivity contribution in [3.63, 3.8) is 0 Å². The van der Waals surface area contributed by atoms with Crippen LogP contribution >= 0.6 is 0 Å². The van der Waals surface area contributed by atoms with E-state index in [-0.39, 0.29) is 5.91 Å². The molecule has 0 saturated carbocycles. The maximum atomic E-state index is 12.6. The predicted octanol–water partition coefficient (Wildman–Crippen LogP) is 3.18. The van der Waals surface area contributed by atoms with Gasteiger partial charge in [0, 0.05) is 31.5 Å². The molecule has 1 aliphatic heterocycles. The van der Waals surface area contributed by atoms with Crippen molar-refractivity contribution in [1.29, 1.82) is 0 Å². The van der Waals surface area contributed by atoms with Crippen LogP contribution in [0.1, 0.15) is 30.5 Å². The fraction of sp³-hybridized carbons (Fsp3) is 0.455. The summed E-state index contributed by atoms with van der Waals surface area (Å²) in [5.74, 6) is 0.167. The Morgan fingerprint density at radius 2 is 2.00 bits per heavy atom. The smallest absolute Gasteiger partial charge is 0.228 e. The molecule has 138 valence electrons. The second-order valence-electron chi connectivity index (χ2n) is 7.19. The topological polar surface area (TPSA) is 36.4 Å². The third-order valence-corrected chi connectivity index (χ3v) is 5.26. The molecule has 4 nitrogen and oxygen atoms in total. The van der Waals surface area contributed by atoms with E-state index in [1.165, 1.54) is 12.0 Å². The van der Waals surface area contributed by atoms with Crippen LogP contribution in [0.5, 0.6) is 0 Å². The Labute approximate surface area is 156 Å². The quantitative estimate of drug-likeness (QED) is 0.769. The van der Waals surface area contributed by atoms with Crippen molar-refractivity contribution < 1.29 is 4.79 Å². The van der Waals surface area contributed by atoms with Gasteiger partial charge in [-0.1, -0.05) is 36.4 Å². The maximum absolute atomic E-state index is 12.6. The molecule has 0 unspecified atom stereocenters. The van der Waals surface area contributed by atoms with E-state index in [9.17, 15) is 4.79 Å². The van der Waals surface area contributed by atoms with Crippen LogP contribution in [0.15, 0.2) is 54.7 Å². The van der Waals surface area contributed by atoms with Crippen LogP contribution in [0.2, 0.25) is 0 Å². The Morgan fingerprint density at radius 3 is 2.77 bits per heavy atom. The van der Waals surface area contributed by atoms with E-state index in [2.05, 4.69) is 40.2 Å². The van der Waals surface area contributed by atoms with Crippen molar-refractivity contribution in [3.8, 4) is 0 Å². The summed E-state index contributed by atoms with van der Waals surface area (Å²) in [5.41, 5.74) is 2.25. The molecule has 1 saturated heterocycles. The summed E-state index contributed by atoms with van der Waals surface area (Å²) in [6.45, 7) is 3.24. The zero-order valence-corrected chi connectivity index (χ0v) is 15.7. The Bertz CT molecular complexity index is 674. The van der Waals surface area contributed by atoms with E-state index in [0.29, 0.717) is 12.5 Å². The summed E-state index contributed by atoms with van der Waals surface area (Å²) in [6, 6.07) is 16.7. The van der Waals surface area contributed by atoms with E-state index in [1.807, 2.05) is 30.1 Å². The third-order valence-electron chi connectivity index (χ3n) is 5.26. The number of hydrogen-bond donors (Lipinski definition) is 0. The standard InChI is InChI=1S/C22H29N3O/c1-24(22(26)17-20-12-5-6-14-23-20)21-13-8-16-25(18-21)15-7-11-19-9-3-2-4-10-19/h2-6,9-10,12,14,21H,7-8,11,13,15-18H2,1H3/t21-/m1/s1. The number of rotatable bonds is 7. The molecule has 0 N–H and O–H groups in total. The molecule has 3 rings (SSSR count). The summed E-state index contributed by atoms with van der Waals surface area (Å²) in [4.78, 5) is 21.3. The average molecular weight is 351 g/mol. The number of aromatic nitrogens is 1. The fourth-order valence-corrected chi connectivity index (χ4v) is 3.69. The second kappa shape index (κ2) is 9.48. The van der Waals surface area contributed by atoms with Gasteiger partial charge in [0.1, 0.15) is 0 Å². The number of nitrogens with zero attached hydrogens (tertiary/aromatic N) is 3. The zero-order valence-electron chi connectivity index (χ0n) is 15.7. The van der Waals surface area contributed by atoms with Crippen molar-refractivity contribution in [2.24, 2.45) is 0 Å². The molecule has 0 aliphatic carbocycles. The van der Waals surface area contributed by atoms with Gasteiger partial charge in [-0.05, 0) is 56.5 Å². The molecule has 0 spiro atoms. The fourth-order valence-electron chi connectivity index (χ4n) is 3.69. The molecule has 4 heteroatoms. The first kappa shape index (κ1) is 18.6. The van der Waals surface area contributed by atoms with Crippen LogP contribution in [-0.4, -0.2) is 53.4 Å². The summed E-state index contributed by atoms with van der Waals surface area (Å²) < 4.78 is 0. The predicted molar refractivity (Wildman–Crippen MR) is 105 cm³/mol. The van der Waals surface area contributed by atoms with E-state index < -0.39 is 0 Å². The lowest BCUT2D eigenvalue weighted by Gasteiger charge is -2.37. The van der Waals surface area contributed by atoms with Gasteiger partial charge in [-0.25, -0.2) is 0 Å². The number of aryl methyl sites for hydroxylation is 1. The minimum absolute atomic E-state index is 0.167. The number of carbonyl (C=O) groups excluding carboxylic acids is 1. The minimum Gasteiger partial charge on any atom is -0.341 e. The molecular formula is C22H29N3O.